The van der Waals surface area contributed by atoms with Gasteiger partial charge in [0.1, 0.15) is 0 Å². The van der Waals surface area contributed by atoms with Crippen molar-refractivity contribution in [3.8, 4) is 0 Å². The van der Waals surface area contributed by atoms with Crippen molar-refractivity contribution in [3.63, 3.8) is 0 Å². The van der Waals surface area contributed by atoms with Gasteiger partial charge in [-0.05, 0) is 27.7 Å². The van der Waals surface area contributed by atoms with E-state index in [9.17, 15) is 4.39 Å². The van der Waals surface area contributed by atoms with Crippen LogP contribution in [0.4, 0.5) is 4.39 Å². The van der Waals surface area contributed by atoms with Crippen molar-refractivity contribution in [1.82, 2.24) is 9.80 Å². The largest absolute Gasteiger partial charge is 0.298 e. The van der Waals surface area contributed by atoms with E-state index in [0.717, 1.165) is 26.2 Å². The Balaban J connectivity index is 2.39. The number of hydrogen-bond acceptors (Lipinski definition) is 2. The van der Waals surface area contributed by atoms with E-state index >= 15 is 0 Å². The molecule has 13 heavy (non-hydrogen) atoms. The summed E-state index contributed by atoms with van der Waals surface area (Å²) in [6.07, 6.45) is 0. The molecular weight excluding hydrogens is 167 g/mol. The molecular formula is C10H21FN2. The Morgan fingerprint density at radius 2 is 1.54 bits per heavy atom. The zero-order valence-corrected chi connectivity index (χ0v) is 9.18. The Labute approximate surface area is 80.7 Å². The van der Waals surface area contributed by atoms with Gasteiger partial charge in [0.05, 0.1) is 0 Å². The molecule has 0 aliphatic carbocycles. The van der Waals surface area contributed by atoms with Crippen molar-refractivity contribution in [2.24, 2.45) is 0 Å². The van der Waals surface area contributed by atoms with Crippen molar-refractivity contribution >= 4 is 0 Å². The van der Waals surface area contributed by atoms with E-state index in [2.05, 4.69) is 18.7 Å². The lowest BCUT2D eigenvalue weighted by molar-refractivity contribution is -0.0377. The molecule has 0 aromatic carbocycles. The molecule has 1 aliphatic rings. The van der Waals surface area contributed by atoms with E-state index < -0.39 is 5.79 Å². The van der Waals surface area contributed by atoms with Crippen LogP contribution in [0.2, 0.25) is 0 Å². The summed E-state index contributed by atoms with van der Waals surface area (Å²) in [4.78, 5) is 4.30. The van der Waals surface area contributed by atoms with Gasteiger partial charge < -0.3 is 0 Å². The highest BCUT2D eigenvalue weighted by atomic mass is 19.1. The molecule has 3 heteroatoms. The molecule has 0 saturated carbocycles. The first-order valence-corrected chi connectivity index (χ1v) is 5.09. The maximum absolute atomic E-state index is 13.5. The first-order chi connectivity index (χ1) is 5.91. The van der Waals surface area contributed by atoms with Crippen LogP contribution in [0.25, 0.3) is 0 Å². The van der Waals surface area contributed by atoms with E-state index in [0.29, 0.717) is 6.04 Å². The molecule has 1 fully saturated rings. The van der Waals surface area contributed by atoms with Crippen LogP contribution in [0, 0.1) is 0 Å². The van der Waals surface area contributed by atoms with E-state index in [1.807, 2.05) is 4.90 Å². The van der Waals surface area contributed by atoms with Crippen LogP contribution in [0.5, 0.6) is 0 Å². The molecule has 0 bridgehead atoms. The third kappa shape index (κ3) is 2.92. The lowest BCUT2D eigenvalue weighted by atomic mass is 10.2. The van der Waals surface area contributed by atoms with Gasteiger partial charge in [0, 0.05) is 32.2 Å². The fourth-order valence-corrected chi connectivity index (χ4v) is 1.77. The second-order valence-corrected chi connectivity index (χ2v) is 4.53. The fraction of sp³-hybridized carbons (Fsp3) is 1.00. The summed E-state index contributed by atoms with van der Waals surface area (Å²) in [6.45, 7) is 11.3. The average Bonchev–Trinajstić information content (AvgIpc) is 2.03. The van der Waals surface area contributed by atoms with Gasteiger partial charge in [-0.1, -0.05) is 0 Å². The predicted octanol–water partition coefficient (Wildman–Crippen LogP) is 1.72. The minimum absolute atomic E-state index is 0.588. The molecule has 0 aromatic rings. The van der Waals surface area contributed by atoms with Gasteiger partial charge in [0.2, 0.25) is 0 Å². The summed E-state index contributed by atoms with van der Waals surface area (Å²) in [5.74, 6) is -1.15. The second-order valence-electron chi connectivity index (χ2n) is 4.53. The zero-order chi connectivity index (χ0) is 10.1. The molecule has 0 amide bonds. The zero-order valence-electron chi connectivity index (χ0n) is 9.18. The van der Waals surface area contributed by atoms with Crippen molar-refractivity contribution in [2.75, 3.05) is 26.2 Å². The number of halogens is 1. The van der Waals surface area contributed by atoms with E-state index in [-0.39, 0.29) is 0 Å². The number of rotatable bonds is 2. The third-order valence-electron chi connectivity index (χ3n) is 2.80. The maximum Gasteiger partial charge on any atom is 0.158 e. The normalized spacial score (nSPS) is 22.6. The van der Waals surface area contributed by atoms with E-state index in [1.54, 1.807) is 13.8 Å². The quantitative estimate of drug-likeness (QED) is 0.609. The van der Waals surface area contributed by atoms with Crippen LogP contribution >= 0.6 is 0 Å². The minimum atomic E-state index is -1.15. The minimum Gasteiger partial charge on any atom is -0.298 e. The van der Waals surface area contributed by atoms with Gasteiger partial charge in [-0.25, -0.2) is 4.39 Å². The lowest BCUT2D eigenvalue weighted by Gasteiger charge is -2.41. The van der Waals surface area contributed by atoms with Gasteiger partial charge in [0.25, 0.3) is 0 Å². The summed E-state index contributed by atoms with van der Waals surface area (Å²) >= 11 is 0. The van der Waals surface area contributed by atoms with Crippen molar-refractivity contribution < 1.29 is 4.39 Å². The Kier molecular flexibility index (Phi) is 3.30. The summed E-state index contributed by atoms with van der Waals surface area (Å²) in [7, 11) is 0. The lowest BCUT2D eigenvalue weighted by Crippen LogP contribution is -2.54. The summed E-state index contributed by atoms with van der Waals surface area (Å²) in [5, 5.41) is 0. The number of alkyl halides is 1. The van der Waals surface area contributed by atoms with Gasteiger partial charge in [0.15, 0.2) is 5.79 Å². The molecule has 0 radical (unpaired) electrons. The molecule has 0 spiro atoms. The van der Waals surface area contributed by atoms with E-state index in [1.165, 1.54) is 0 Å². The fourth-order valence-electron chi connectivity index (χ4n) is 1.77. The van der Waals surface area contributed by atoms with Crippen LogP contribution < -0.4 is 0 Å². The number of piperazine rings is 1. The highest BCUT2D eigenvalue weighted by molar-refractivity contribution is 4.79. The molecule has 0 N–H and O–H groups in total. The Morgan fingerprint density at radius 1 is 1.08 bits per heavy atom. The second kappa shape index (κ2) is 3.93. The first kappa shape index (κ1) is 10.9. The average molecular weight is 188 g/mol. The molecule has 0 unspecified atom stereocenters. The highest BCUT2D eigenvalue weighted by Crippen LogP contribution is 2.18. The third-order valence-corrected chi connectivity index (χ3v) is 2.80. The Morgan fingerprint density at radius 3 is 1.85 bits per heavy atom. The Hall–Kier alpha value is -0.150. The molecule has 1 saturated heterocycles. The van der Waals surface area contributed by atoms with Gasteiger partial charge in [-0.15, -0.1) is 0 Å². The van der Waals surface area contributed by atoms with Crippen molar-refractivity contribution in [2.45, 2.75) is 39.5 Å². The summed E-state index contributed by atoms with van der Waals surface area (Å²) in [6, 6.07) is 0.588. The molecule has 1 aliphatic heterocycles. The number of hydrogen-bond donors (Lipinski definition) is 0. The van der Waals surface area contributed by atoms with Crippen molar-refractivity contribution in [1.29, 1.82) is 0 Å². The van der Waals surface area contributed by atoms with Crippen LogP contribution in [0.15, 0.2) is 0 Å². The monoisotopic (exact) mass is 188 g/mol. The number of nitrogens with zero attached hydrogens (tertiary/aromatic N) is 2. The van der Waals surface area contributed by atoms with Crippen LogP contribution in [-0.4, -0.2) is 47.8 Å². The molecule has 78 valence electrons. The maximum atomic E-state index is 13.5. The molecule has 1 rings (SSSR count). The van der Waals surface area contributed by atoms with E-state index in [4.69, 9.17) is 0 Å². The smallest absolute Gasteiger partial charge is 0.158 e. The first-order valence-electron chi connectivity index (χ1n) is 5.09. The molecule has 0 aromatic heterocycles. The highest BCUT2D eigenvalue weighted by Gasteiger charge is 2.29. The molecule has 2 nitrogen and oxygen atoms in total. The molecule has 1 heterocycles. The summed E-state index contributed by atoms with van der Waals surface area (Å²) < 4.78 is 13.5. The summed E-state index contributed by atoms with van der Waals surface area (Å²) in [5.41, 5.74) is 0. The van der Waals surface area contributed by atoms with Gasteiger partial charge in [-0.3, -0.25) is 9.80 Å². The van der Waals surface area contributed by atoms with Crippen LogP contribution in [0.3, 0.4) is 0 Å². The standard InChI is InChI=1S/C10H21FN2/c1-9(2)12-5-7-13(8-6-12)10(3,4)11/h9H,5-8H2,1-4H3. The van der Waals surface area contributed by atoms with Gasteiger partial charge in [-0.2, -0.15) is 0 Å². The predicted molar refractivity (Wildman–Crippen MR) is 53.5 cm³/mol. The topological polar surface area (TPSA) is 6.48 Å². The Bertz CT molecular complexity index is 155. The SMILES string of the molecule is CC(C)N1CCN(C(C)(C)F)CC1. The van der Waals surface area contributed by atoms with Gasteiger partial charge >= 0.3 is 0 Å². The molecule has 0 atom stereocenters. The van der Waals surface area contributed by atoms with Crippen molar-refractivity contribution in [3.05, 3.63) is 0 Å². The van der Waals surface area contributed by atoms with Crippen LogP contribution in [-0.2, 0) is 0 Å². The van der Waals surface area contributed by atoms with Crippen LogP contribution in [0.1, 0.15) is 27.7 Å².